The van der Waals surface area contributed by atoms with Crippen LogP contribution in [-0.4, -0.2) is 9.13 Å². The largest absolute Gasteiger partial charge is 0.295 e. The van der Waals surface area contributed by atoms with Crippen LogP contribution >= 0.6 is 0 Å². The minimum Gasteiger partial charge on any atom is -0.295 e. The Kier molecular flexibility index (Phi) is 3.87. The summed E-state index contributed by atoms with van der Waals surface area (Å²) in [5.74, 6) is 0. The summed E-state index contributed by atoms with van der Waals surface area (Å²) in [6, 6.07) is 36.6. The van der Waals surface area contributed by atoms with Gasteiger partial charge in [0.15, 0.2) is 0 Å². The van der Waals surface area contributed by atoms with Gasteiger partial charge in [-0.2, -0.15) is 10.5 Å². The van der Waals surface area contributed by atoms with E-state index in [-0.39, 0.29) is 0 Å². The Morgan fingerprint density at radius 3 is 1.66 bits per heavy atom. The molecule has 0 unspecified atom stereocenters. The van der Waals surface area contributed by atoms with Crippen molar-refractivity contribution in [2.24, 2.45) is 0 Å². The molecule has 2 heterocycles. The van der Waals surface area contributed by atoms with E-state index in [0.717, 1.165) is 38.5 Å². The molecule has 6 rings (SSSR count). The smallest absolute Gasteiger partial charge is 0.131 e. The molecule has 0 aliphatic heterocycles. The molecule has 0 spiro atoms. The molecular weight excluding hydrogens is 392 g/mol. The maximum Gasteiger partial charge on any atom is 0.131 e. The first-order valence-corrected chi connectivity index (χ1v) is 10.3. The lowest BCUT2D eigenvalue weighted by Gasteiger charge is -2.15. The van der Waals surface area contributed by atoms with Gasteiger partial charge in [-0.1, -0.05) is 60.7 Å². The highest BCUT2D eigenvalue weighted by molar-refractivity contribution is 6.22. The Balaban J connectivity index is 1.95. The highest BCUT2D eigenvalue weighted by Crippen LogP contribution is 2.41. The lowest BCUT2D eigenvalue weighted by atomic mass is 10.1. The van der Waals surface area contributed by atoms with E-state index in [2.05, 4.69) is 57.7 Å². The van der Waals surface area contributed by atoms with Crippen molar-refractivity contribution in [2.75, 3.05) is 0 Å². The summed E-state index contributed by atoms with van der Waals surface area (Å²) in [4.78, 5) is 0. The number of rotatable bonds is 2. The van der Waals surface area contributed by atoms with Crippen LogP contribution in [0.25, 0.3) is 44.2 Å². The number of fused-ring (bicyclic) bond motifs is 5. The fourth-order valence-electron chi connectivity index (χ4n) is 4.73. The average molecular weight is 408 g/mol. The molecule has 6 aromatic rings. The van der Waals surface area contributed by atoms with Gasteiger partial charge in [0, 0.05) is 21.8 Å². The molecule has 0 aliphatic rings. The molecule has 4 nitrogen and oxygen atoms in total. The predicted octanol–water partition coefficient (Wildman–Crippen LogP) is 6.47. The number of benzene rings is 4. The van der Waals surface area contributed by atoms with Crippen molar-refractivity contribution in [2.45, 2.75) is 0 Å². The van der Waals surface area contributed by atoms with Crippen molar-refractivity contribution in [1.29, 1.82) is 10.5 Å². The van der Waals surface area contributed by atoms with E-state index in [9.17, 15) is 10.5 Å². The molecule has 4 heteroatoms. The van der Waals surface area contributed by atoms with Gasteiger partial charge in [-0.15, -0.1) is 0 Å². The third kappa shape index (κ3) is 2.35. The Labute approximate surface area is 184 Å². The van der Waals surface area contributed by atoms with Crippen molar-refractivity contribution < 1.29 is 0 Å². The second-order valence-electron chi connectivity index (χ2n) is 7.66. The fraction of sp³-hybridized carbons (Fsp3) is 0. The standard InChI is InChI=1S/C28H16N4/c29-17-19-9-8-10-20(18-30)27(19)32-25-16-7-5-14-23(25)26-22-13-4-6-15-24(22)31(28(26)32)21-11-2-1-3-12-21/h1-16H. The van der Waals surface area contributed by atoms with Gasteiger partial charge in [-0.05, 0) is 36.4 Å². The second kappa shape index (κ2) is 6.87. The molecule has 0 saturated heterocycles. The van der Waals surface area contributed by atoms with Gasteiger partial charge in [0.25, 0.3) is 0 Å². The third-order valence-electron chi connectivity index (χ3n) is 5.99. The van der Waals surface area contributed by atoms with Gasteiger partial charge < -0.3 is 0 Å². The quantitative estimate of drug-likeness (QED) is 0.330. The lowest BCUT2D eigenvalue weighted by molar-refractivity contribution is 1.06. The van der Waals surface area contributed by atoms with E-state index in [4.69, 9.17) is 0 Å². The minimum absolute atomic E-state index is 0.469. The molecule has 32 heavy (non-hydrogen) atoms. The normalized spacial score (nSPS) is 11.1. The number of para-hydroxylation sites is 4. The van der Waals surface area contributed by atoms with Crippen LogP contribution in [0.1, 0.15) is 11.1 Å². The first kappa shape index (κ1) is 18.0. The maximum atomic E-state index is 9.93. The van der Waals surface area contributed by atoms with E-state index in [0.29, 0.717) is 16.8 Å². The zero-order valence-electron chi connectivity index (χ0n) is 17.0. The van der Waals surface area contributed by atoms with E-state index >= 15 is 0 Å². The maximum absolute atomic E-state index is 9.93. The van der Waals surface area contributed by atoms with Crippen molar-refractivity contribution in [3.8, 4) is 23.5 Å². The fourth-order valence-corrected chi connectivity index (χ4v) is 4.73. The van der Waals surface area contributed by atoms with Gasteiger partial charge in [-0.25, -0.2) is 0 Å². The van der Waals surface area contributed by atoms with Crippen molar-refractivity contribution in [1.82, 2.24) is 9.13 Å². The van der Waals surface area contributed by atoms with E-state index in [1.807, 2.05) is 42.5 Å². The molecule has 148 valence electrons. The van der Waals surface area contributed by atoms with Gasteiger partial charge in [0.2, 0.25) is 0 Å². The molecule has 0 fully saturated rings. The van der Waals surface area contributed by atoms with Gasteiger partial charge in [0.05, 0.1) is 27.8 Å². The van der Waals surface area contributed by atoms with Crippen LogP contribution < -0.4 is 0 Å². The van der Waals surface area contributed by atoms with E-state index in [1.165, 1.54) is 0 Å². The van der Waals surface area contributed by atoms with Crippen LogP contribution in [0.15, 0.2) is 97.1 Å². The van der Waals surface area contributed by atoms with Crippen LogP contribution in [0.3, 0.4) is 0 Å². The van der Waals surface area contributed by atoms with Gasteiger partial charge in [-0.3, -0.25) is 9.13 Å². The first-order valence-electron chi connectivity index (χ1n) is 10.3. The Morgan fingerprint density at radius 1 is 0.531 bits per heavy atom. The summed E-state index contributed by atoms with van der Waals surface area (Å²) < 4.78 is 4.30. The highest BCUT2D eigenvalue weighted by atomic mass is 15.1. The summed E-state index contributed by atoms with van der Waals surface area (Å²) in [6.45, 7) is 0. The molecule has 0 N–H and O–H groups in total. The average Bonchev–Trinajstić information content (AvgIpc) is 3.36. The van der Waals surface area contributed by atoms with Gasteiger partial charge >= 0.3 is 0 Å². The SMILES string of the molecule is N#Cc1cccc(C#N)c1-n1c2ccccc2c2c3ccccc3n(-c3ccccc3)c21. The molecule has 0 amide bonds. The first-order chi connectivity index (χ1) is 15.8. The molecule has 0 aliphatic carbocycles. The number of nitrogens with zero attached hydrogens (tertiary/aromatic N) is 4. The molecule has 4 aromatic carbocycles. The summed E-state index contributed by atoms with van der Waals surface area (Å²) in [5.41, 5.74) is 5.56. The van der Waals surface area contributed by atoms with Crippen LogP contribution in [0.4, 0.5) is 0 Å². The topological polar surface area (TPSA) is 57.4 Å². The second-order valence-corrected chi connectivity index (χ2v) is 7.66. The molecule has 0 radical (unpaired) electrons. The van der Waals surface area contributed by atoms with Crippen molar-refractivity contribution in [3.05, 3.63) is 108 Å². The molecule has 2 aromatic heterocycles. The van der Waals surface area contributed by atoms with Crippen LogP contribution in [-0.2, 0) is 0 Å². The number of hydrogen-bond donors (Lipinski definition) is 0. The van der Waals surface area contributed by atoms with Crippen LogP contribution in [0, 0.1) is 22.7 Å². The summed E-state index contributed by atoms with van der Waals surface area (Å²) >= 11 is 0. The number of nitriles is 2. The molecular formula is C28H16N4. The predicted molar refractivity (Wildman–Crippen MR) is 127 cm³/mol. The van der Waals surface area contributed by atoms with Crippen LogP contribution in [0.2, 0.25) is 0 Å². The summed E-state index contributed by atoms with van der Waals surface area (Å²) in [7, 11) is 0. The molecule has 0 bridgehead atoms. The molecule has 0 atom stereocenters. The van der Waals surface area contributed by atoms with Crippen LogP contribution in [0.5, 0.6) is 0 Å². The Bertz CT molecular complexity index is 1710. The number of hydrogen-bond acceptors (Lipinski definition) is 2. The lowest BCUT2D eigenvalue weighted by Crippen LogP contribution is -2.05. The van der Waals surface area contributed by atoms with E-state index in [1.54, 1.807) is 18.2 Å². The zero-order chi connectivity index (χ0) is 21.7. The highest BCUT2D eigenvalue weighted by Gasteiger charge is 2.24. The summed E-state index contributed by atoms with van der Waals surface area (Å²) in [5, 5.41) is 23.2. The minimum atomic E-state index is 0.469. The monoisotopic (exact) mass is 408 g/mol. The third-order valence-corrected chi connectivity index (χ3v) is 5.99. The van der Waals surface area contributed by atoms with Gasteiger partial charge in [0.1, 0.15) is 17.8 Å². The van der Waals surface area contributed by atoms with Crippen molar-refractivity contribution >= 4 is 32.8 Å². The Morgan fingerprint density at radius 2 is 1.06 bits per heavy atom. The van der Waals surface area contributed by atoms with E-state index < -0.39 is 0 Å². The number of aromatic nitrogens is 2. The summed E-state index contributed by atoms with van der Waals surface area (Å²) in [6.07, 6.45) is 0. The van der Waals surface area contributed by atoms with Crippen molar-refractivity contribution in [3.63, 3.8) is 0 Å². The Hall–Kier alpha value is -4.80. The molecule has 0 saturated carbocycles. The zero-order valence-corrected chi connectivity index (χ0v) is 17.0.